The van der Waals surface area contributed by atoms with E-state index in [1.165, 1.54) is 0 Å². The number of amides is 3. The molecular weight excluding hydrogens is 362 g/mol. The summed E-state index contributed by atoms with van der Waals surface area (Å²) in [6.07, 6.45) is 4.39. The van der Waals surface area contributed by atoms with Crippen molar-refractivity contribution < 1.29 is 9.59 Å². The average Bonchev–Trinajstić information content (AvgIpc) is 3.35. The number of anilines is 1. The van der Waals surface area contributed by atoms with E-state index in [2.05, 4.69) is 10.4 Å². The lowest BCUT2D eigenvalue weighted by molar-refractivity contribution is -0.129. The quantitative estimate of drug-likeness (QED) is 0.879. The number of carbonyl (C=O) groups excluding carboxylic acids is 2. The number of nitrogens with one attached hydrogen (secondary N) is 1. The highest BCUT2D eigenvalue weighted by Crippen LogP contribution is 2.25. The molecule has 4 heterocycles. The van der Waals surface area contributed by atoms with Gasteiger partial charge in [0.15, 0.2) is 0 Å². The van der Waals surface area contributed by atoms with Crippen molar-refractivity contribution in [1.82, 2.24) is 19.6 Å². The zero-order chi connectivity index (χ0) is 18.8. The number of rotatable bonds is 3. The first-order chi connectivity index (χ1) is 13.1. The van der Waals surface area contributed by atoms with Gasteiger partial charge in [0, 0.05) is 56.2 Å². The smallest absolute Gasteiger partial charge is 0.323 e. The molecule has 144 valence electrons. The number of urea groups is 1. The summed E-state index contributed by atoms with van der Waals surface area (Å²) in [6, 6.07) is 4.11. The molecule has 2 aromatic rings. The van der Waals surface area contributed by atoms with E-state index in [1.54, 1.807) is 16.0 Å². The molecule has 0 aromatic carbocycles. The molecule has 0 aliphatic carbocycles. The van der Waals surface area contributed by atoms with E-state index in [4.69, 9.17) is 0 Å². The van der Waals surface area contributed by atoms with Crippen LogP contribution in [0.4, 0.5) is 10.6 Å². The highest BCUT2D eigenvalue weighted by Gasteiger charge is 2.30. The Morgan fingerprint density at radius 3 is 2.89 bits per heavy atom. The minimum Gasteiger partial charge on any atom is -0.340 e. The second-order valence-corrected chi connectivity index (χ2v) is 8.02. The maximum atomic E-state index is 12.8. The number of hydrogen-bond donors (Lipinski definition) is 1. The Labute approximate surface area is 162 Å². The average molecular weight is 388 g/mol. The van der Waals surface area contributed by atoms with Crippen LogP contribution in [0.25, 0.3) is 11.3 Å². The molecule has 0 saturated carbocycles. The molecule has 1 atom stereocenters. The number of aryl methyl sites for hydroxylation is 1. The van der Waals surface area contributed by atoms with E-state index in [-0.39, 0.29) is 18.0 Å². The number of carbonyl (C=O) groups is 2. The van der Waals surface area contributed by atoms with Crippen LogP contribution in [0.5, 0.6) is 0 Å². The Bertz CT molecular complexity index is 816. The van der Waals surface area contributed by atoms with Crippen molar-refractivity contribution in [3.63, 3.8) is 0 Å². The van der Waals surface area contributed by atoms with Crippen molar-refractivity contribution in [2.45, 2.75) is 38.1 Å². The summed E-state index contributed by atoms with van der Waals surface area (Å²) in [7, 11) is 1.84. The van der Waals surface area contributed by atoms with Crippen LogP contribution >= 0.6 is 11.3 Å². The van der Waals surface area contributed by atoms with Gasteiger partial charge in [-0.05, 0) is 37.1 Å². The molecule has 1 N–H and O–H groups in total. The van der Waals surface area contributed by atoms with Crippen molar-refractivity contribution in [2.24, 2.45) is 7.05 Å². The van der Waals surface area contributed by atoms with Gasteiger partial charge in [0.05, 0.1) is 5.69 Å². The lowest BCUT2D eigenvalue weighted by Gasteiger charge is -2.27. The van der Waals surface area contributed by atoms with Gasteiger partial charge >= 0.3 is 6.03 Å². The van der Waals surface area contributed by atoms with Crippen LogP contribution in [0, 0.1) is 0 Å². The summed E-state index contributed by atoms with van der Waals surface area (Å²) in [5, 5.41) is 11.5. The molecule has 0 spiro atoms. The Kier molecular flexibility index (Phi) is 5.15. The zero-order valence-corrected chi connectivity index (χ0v) is 16.4. The molecule has 0 radical (unpaired) electrons. The lowest BCUT2D eigenvalue weighted by atomic mass is 10.1. The Morgan fingerprint density at radius 1 is 1.26 bits per heavy atom. The summed E-state index contributed by atoms with van der Waals surface area (Å²) in [6.45, 7) is 2.27. The van der Waals surface area contributed by atoms with Crippen molar-refractivity contribution in [3.8, 4) is 11.3 Å². The molecule has 27 heavy (non-hydrogen) atoms. The molecule has 2 aliphatic heterocycles. The summed E-state index contributed by atoms with van der Waals surface area (Å²) < 4.78 is 1.70. The van der Waals surface area contributed by atoms with Crippen LogP contribution in [0.2, 0.25) is 0 Å². The summed E-state index contributed by atoms with van der Waals surface area (Å²) in [5.74, 6) is 0.963. The summed E-state index contributed by atoms with van der Waals surface area (Å²) in [5.41, 5.74) is 1.92. The SMILES string of the molecule is Cn1nc(-c2ccsc2)cc1NC(=O)N1CCCC(N2CCCC2=O)CC1. The molecule has 3 amide bonds. The van der Waals surface area contributed by atoms with Crippen LogP contribution in [0.1, 0.15) is 32.1 Å². The topological polar surface area (TPSA) is 70.5 Å². The van der Waals surface area contributed by atoms with Crippen molar-refractivity contribution in [2.75, 3.05) is 25.0 Å². The highest BCUT2D eigenvalue weighted by atomic mass is 32.1. The number of aromatic nitrogens is 2. The Balaban J connectivity index is 1.38. The lowest BCUT2D eigenvalue weighted by Crippen LogP contribution is -2.39. The molecule has 8 heteroatoms. The standard InChI is InChI=1S/C19H25N5O2S/c1-22-17(12-16(21-22)14-7-11-27-13-14)20-19(26)23-8-2-4-15(6-10-23)24-9-3-5-18(24)25/h7,11-13,15H,2-6,8-10H2,1H3,(H,20,26). The first kappa shape index (κ1) is 18.0. The first-order valence-corrected chi connectivity index (χ1v) is 10.5. The van der Waals surface area contributed by atoms with Gasteiger partial charge in [-0.25, -0.2) is 4.79 Å². The van der Waals surface area contributed by atoms with Crippen LogP contribution in [-0.2, 0) is 11.8 Å². The van der Waals surface area contributed by atoms with Gasteiger partial charge in [-0.1, -0.05) is 0 Å². The number of nitrogens with zero attached hydrogens (tertiary/aromatic N) is 4. The number of hydrogen-bond acceptors (Lipinski definition) is 4. The minimum absolute atomic E-state index is 0.0942. The fraction of sp³-hybridized carbons (Fsp3) is 0.526. The van der Waals surface area contributed by atoms with Gasteiger partial charge in [0.2, 0.25) is 5.91 Å². The molecule has 2 aliphatic rings. The third-order valence-electron chi connectivity index (χ3n) is 5.47. The molecule has 2 aromatic heterocycles. The summed E-state index contributed by atoms with van der Waals surface area (Å²) >= 11 is 1.63. The maximum Gasteiger partial charge on any atom is 0.323 e. The third-order valence-corrected chi connectivity index (χ3v) is 6.15. The van der Waals surface area contributed by atoms with Gasteiger partial charge in [-0.3, -0.25) is 14.8 Å². The Hall–Kier alpha value is -2.35. The van der Waals surface area contributed by atoms with Crippen molar-refractivity contribution in [1.29, 1.82) is 0 Å². The molecule has 2 saturated heterocycles. The van der Waals surface area contributed by atoms with Crippen LogP contribution in [-0.4, -0.2) is 57.2 Å². The molecular formula is C19H25N5O2S. The molecule has 2 fully saturated rings. The van der Waals surface area contributed by atoms with E-state index in [1.807, 2.05) is 39.7 Å². The van der Waals surface area contributed by atoms with Crippen LogP contribution < -0.4 is 5.32 Å². The fourth-order valence-corrected chi connectivity index (χ4v) is 4.62. The van der Waals surface area contributed by atoms with Gasteiger partial charge < -0.3 is 9.80 Å². The first-order valence-electron chi connectivity index (χ1n) is 9.54. The van der Waals surface area contributed by atoms with Gasteiger partial charge in [0.25, 0.3) is 0 Å². The van der Waals surface area contributed by atoms with Gasteiger partial charge in [0.1, 0.15) is 5.82 Å². The van der Waals surface area contributed by atoms with E-state index in [0.717, 1.165) is 50.0 Å². The van der Waals surface area contributed by atoms with Crippen molar-refractivity contribution in [3.05, 3.63) is 22.9 Å². The van der Waals surface area contributed by atoms with Gasteiger partial charge in [-0.15, -0.1) is 0 Å². The second kappa shape index (κ2) is 7.72. The summed E-state index contributed by atoms with van der Waals surface area (Å²) in [4.78, 5) is 28.6. The molecule has 7 nitrogen and oxygen atoms in total. The zero-order valence-electron chi connectivity index (χ0n) is 15.6. The minimum atomic E-state index is -0.0942. The van der Waals surface area contributed by atoms with E-state index >= 15 is 0 Å². The number of likely N-dealkylation sites (tertiary alicyclic amines) is 2. The normalized spacial score (nSPS) is 20.8. The Morgan fingerprint density at radius 2 is 2.15 bits per heavy atom. The van der Waals surface area contributed by atoms with Crippen LogP contribution in [0.15, 0.2) is 22.9 Å². The molecule has 1 unspecified atom stereocenters. The monoisotopic (exact) mass is 387 g/mol. The largest absolute Gasteiger partial charge is 0.340 e. The van der Waals surface area contributed by atoms with Gasteiger partial charge in [-0.2, -0.15) is 16.4 Å². The third kappa shape index (κ3) is 3.85. The predicted octanol–water partition coefficient (Wildman–Crippen LogP) is 3.16. The van der Waals surface area contributed by atoms with E-state index in [0.29, 0.717) is 18.8 Å². The van der Waals surface area contributed by atoms with Crippen molar-refractivity contribution >= 4 is 29.1 Å². The molecule has 0 bridgehead atoms. The van der Waals surface area contributed by atoms with E-state index in [9.17, 15) is 9.59 Å². The molecule has 4 rings (SSSR count). The maximum absolute atomic E-state index is 12.8. The van der Waals surface area contributed by atoms with E-state index < -0.39 is 0 Å². The van der Waals surface area contributed by atoms with Crippen LogP contribution in [0.3, 0.4) is 0 Å². The number of thiophene rings is 1. The predicted molar refractivity (Wildman–Crippen MR) is 106 cm³/mol. The second-order valence-electron chi connectivity index (χ2n) is 7.24. The highest BCUT2D eigenvalue weighted by molar-refractivity contribution is 7.08. The fourth-order valence-electron chi connectivity index (χ4n) is 3.97.